The molecule has 184 valence electrons. The van der Waals surface area contributed by atoms with E-state index in [0.717, 1.165) is 5.56 Å². The third kappa shape index (κ3) is 3.87. The fraction of sp³-hybridized carbons (Fsp3) is 0.208. The lowest BCUT2D eigenvalue weighted by molar-refractivity contribution is -0.123. The molecule has 0 saturated carbocycles. The maximum atomic E-state index is 12.9. The zero-order chi connectivity index (χ0) is 25.6. The van der Waals surface area contributed by atoms with Crippen molar-refractivity contribution in [3.63, 3.8) is 0 Å². The average Bonchev–Trinajstić information content (AvgIpc) is 3.47. The van der Waals surface area contributed by atoms with E-state index in [1.54, 1.807) is 37.3 Å². The van der Waals surface area contributed by atoms with Crippen molar-refractivity contribution < 1.29 is 33.5 Å². The number of benzene rings is 2. The van der Waals surface area contributed by atoms with Crippen LogP contribution < -0.4 is 21.3 Å². The Bertz CT molecular complexity index is 1450. The van der Waals surface area contributed by atoms with Crippen LogP contribution in [0.3, 0.4) is 0 Å². The van der Waals surface area contributed by atoms with Crippen LogP contribution in [0.15, 0.2) is 46.9 Å². The Morgan fingerprint density at radius 1 is 1.22 bits per heavy atom. The Morgan fingerprint density at radius 3 is 2.75 bits per heavy atom. The second-order valence-corrected chi connectivity index (χ2v) is 8.75. The van der Waals surface area contributed by atoms with E-state index in [1.807, 2.05) is 5.32 Å². The number of nitrogens with zero attached hydrogens (tertiary/aromatic N) is 1. The lowest BCUT2D eigenvalue weighted by atomic mass is 9.91. The topological polar surface area (TPSA) is 170 Å². The second-order valence-electron chi connectivity index (χ2n) is 8.75. The van der Waals surface area contributed by atoms with Crippen molar-refractivity contribution >= 4 is 41.3 Å². The molecule has 0 spiro atoms. The van der Waals surface area contributed by atoms with E-state index in [2.05, 4.69) is 16.0 Å². The molecule has 7 amide bonds. The molecule has 0 bridgehead atoms. The number of hydrogen-bond donors (Lipinski definition) is 5. The third-order valence-electron chi connectivity index (χ3n) is 6.37. The minimum Gasteiger partial charge on any atom is -0.508 e. The summed E-state index contributed by atoms with van der Waals surface area (Å²) in [5.74, 6) is -0.533. The number of phenols is 1. The van der Waals surface area contributed by atoms with Crippen LogP contribution in [0.4, 0.5) is 9.59 Å². The molecular formula is C24H21N5O7. The number of imide groups is 2. The van der Waals surface area contributed by atoms with Crippen LogP contribution in [-0.2, 0) is 21.7 Å². The van der Waals surface area contributed by atoms with Gasteiger partial charge in [-0.15, -0.1) is 0 Å². The van der Waals surface area contributed by atoms with Gasteiger partial charge in [0.1, 0.15) is 28.7 Å². The average molecular weight is 491 g/mol. The van der Waals surface area contributed by atoms with Gasteiger partial charge in [-0.3, -0.25) is 25.0 Å². The van der Waals surface area contributed by atoms with Gasteiger partial charge in [0, 0.05) is 24.0 Å². The number of fused-ring (bicyclic) bond motifs is 2. The number of urea groups is 2. The van der Waals surface area contributed by atoms with Gasteiger partial charge < -0.3 is 25.1 Å². The SMILES string of the molecule is CC1(c2ccc3oc([C@H](CN4Cc5ccc(O)cc5C4=O)NC(=O)NC=O)cc3c2)NC(=O)NC1=O. The Morgan fingerprint density at radius 2 is 2.03 bits per heavy atom. The van der Waals surface area contributed by atoms with E-state index in [1.165, 1.54) is 17.0 Å². The monoisotopic (exact) mass is 491 g/mol. The summed E-state index contributed by atoms with van der Waals surface area (Å²) in [6, 6.07) is 8.96. The highest BCUT2D eigenvalue weighted by Crippen LogP contribution is 2.32. The summed E-state index contributed by atoms with van der Waals surface area (Å²) < 4.78 is 5.95. The smallest absolute Gasteiger partial charge is 0.322 e. The van der Waals surface area contributed by atoms with Crippen LogP contribution in [0.1, 0.15) is 40.2 Å². The van der Waals surface area contributed by atoms with Crippen LogP contribution >= 0.6 is 0 Å². The van der Waals surface area contributed by atoms with Gasteiger partial charge >= 0.3 is 12.1 Å². The maximum absolute atomic E-state index is 12.9. The van der Waals surface area contributed by atoms with Crippen molar-refractivity contribution in [1.29, 1.82) is 0 Å². The molecule has 1 saturated heterocycles. The molecule has 3 heterocycles. The van der Waals surface area contributed by atoms with Gasteiger partial charge in [0.05, 0.1) is 0 Å². The number of phenolic OH excluding ortho intramolecular Hbond substituents is 1. The van der Waals surface area contributed by atoms with Gasteiger partial charge in [0.25, 0.3) is 11.8 Å². The van der Waals surface area contributed by atoms with E-state index in [4.69, 9.17) is 4.42 Å². The Hall–Kier alpha value is -4.87. The van der Waals surface area contributed by atoms with E-state index in [-0.39, 0.29) is 31.2 Å². The van der Waals surface area contributed by atoms with Crippen LogP contribution in [0.25, 0.3) is 11.0 Å². The molecule has 3 aromatic rings. The standard InChI is InChI=1S/C24H21N5O7/c1-24(21(33)27-23(35)28-24)14-3-5-18-13(6-14)7-19(36-18)17(26-22(34)25-11-30)10-29-9-12-2-4-15(31)8-16(12)20(29)32/h2-8,11,17,31H,9-10H2,1H3,(H2,25,26,30,34)(H2,27,28,33,35)/t17-,24?/m0/s1. The number of carbonyl (C=O) groups is 5. The summed E-state index contributed by atoms with van der Waals surface area (Å²) in [6.45, 7) is 1.86. The summed E-state index contributed by atoms with van der Waals surface area (Å²) >= 11 is 0. The molecule has 1 aromatic heterocycles. The van der Waals surface area contributed by atoms with Gasteiger partial charge in [-0.05, 0) is 48.4 Å². The summed E-state index contributed by atoms with van der Waals surface area (Å²) in [7, 11) is 0. The number of nitrogens with one attached hydrogen (secondary N) is 4. The first-order chi connectivity index (χ1) is 17.2. The minimum atomic E-state index is -1.26. The molecule has 1 fully saturated rings. The normalized spacial score (nSPS) is 19.6. The van der Waals surface area contributed by atoms with Crippen LogP contribution in [-0.4, -0.2) is 46.8 Å². The van der Waals surface area contributed by atoms with E-state index in [9.17, 15) is 29.1 Å². The molecule has 1 unspecified atom stereocenters. The molecule has 2 aliphatic heterocycles. The molecule has 5 N–H and O–H groups in total. The Kier molecular flexibility index (Phi) is 5.35. The van der Waals surface area contributed by atoms with Gasteiger partial charge in [0.15, 0.2) is 0 Å². The first kappa shape index (κ1) is 22.9. The molecule has 2 atom stereocenters. The number of aromatic hydroxyl groups is 1. The summed E-state index contributed by atoms with van der Waals surface area (Å²) in [4.78, 5) is 61.3. The zero-order valence-electron chi connectivity index (χ0n) is 19.0. The largest absolute Gasteiger partial charge is 0.508 e. The van der Waals surface area contributed by atoms with Crippen molar-refractivity contribution in [2.75, 3.05) is 6.54 Å². The summed E-state index contributed by atoms with van der Waals surface area (Å²) in [5.41, 5.74) is 0.812. The highest BCUT2D eigenvalue weighted by molar-refractivity contribution is 6.07. The predicted octanol–water partition coefficient (Wildman–Crippen LogP) is 1.35. The lowest BCUT2D eigenvalue weighted by Crippen LogP contribution is -2.42. The van der Waals surface area contributed by atoms with Gasteiger partial charge in [0.2, 0.25) is 6.41 Å². The second kappa shape index (κ2) is 8.41. The van der Waals surface area contributed by atoms with Gasteiger partial charge in [-0.1, -0.05) is 12.1 Å². The minimum absolute atomic E-state index is 0.0173. The highest BCUT2D eigenvalue weighted by Gasteiger charge is 2.43. The fourth-order valence-corrected chi connectivity index (χ4v) is 4.47. The van der Waals surface area contributed by atoms with Crippen LogP contribution in [0, 0.1) is 0 Å². The quantitative estimate of drug-likeness (QED) is 0.256. The summed E-state index contributed by atoms with van der Waals surface area (Å²) in [5, 5.41) is 19.8. The van der Waals surface area contributed by atoms with Crippen molar-refractivity contribution in [3.05, 3.63) is 64.9 Å². The predicted molar refractivity (Wildman–Crippen MR) is 124 cm³/mol. The molecule has 36 heavy (non-hydrogen) atoms. The van der Waals surface area contributed by atoms with E-state index >= 15 is 0 Å². The first-order valence-corrected chi connectivity index (χ1v) is 11.0. The van der Waals surface area contributed by atoms with Gasteiger partial charge in [-0.25, -0.2) is 9.59 Å². The third-order valence-corrected chi connectivity index (χ3v) is 6.37. The maximum Gasteiger partial charge on any atom is 0.322 e. The molecule has 0 aliphatic carbocycles. The van der Waals surface area contributed by atoms with Crippen molar-refractivity contribution in [2.45, 2.75) is 25.0 Å². The highest BCUT2D eigenvalue weighted by atomic mass is 16.3. The van der Waals surface area contributed by atoms with Crippen LogP contribution in [0.2, 0.25) is 0 Å². The number of furan rings is 1. The van der Waals surface area contributed by atoms with E-state index in [0.29, 0.717) is 27.9 Å². The zero-order valence-corrected chi connectivity index (χ0v) is 19.0. The number of hydrogen-bond acceptors (Lipinski definition) is 7. The number of rotatable bonds is 6. The number of amides is 7. The fourth-order valence-electron chi connectivity index (χ4n) is 4.47. The van der Waals surface area contributed by atoms with E-state index < -0.39 is 29.6 Å². The molecule has 12 heteroatoms. The van der Waals surface area contributed by atoms with Crippen LogP contribution in [0.5, 0.6) is 5.75 Å². The summed E-state index contributed by atoms with van der Waals surface area (Å²) in [6.07, 6.45) is 0.235. The number of carbonyl (C=O) groups excluding carboxylic acids is 5. The Labute approximate surface area is 203 Å². The first-order valence-electron chi connectivity index (χ1n) is 11.0. The molecule has 12 nitrogen and oxygen atoms in total. The van der Waals surface area contributed by atoms with Gasteiger partial charge in [-0.2, -0.15) is 0 Å². The molecular weight excluding hydrogens is 470 g/mol. The molecule has 5 rings (SSSR count). The van der Waals surface area contributed by atoms with Crippen molar-refractivity contribution in [1.82, 2.24) is 26.2 Å². The van der Waals surface area contributed by atoms with Crippen molar-refractivity contribution in [3.8, 4) is 5.75 Å². The lowest BCUT2D eigenvalue weighted by Gasteiger charge is -2.23. The molecule has 0 radical (unpaired) electrons. The molecule has 2 aliphatic rings. The Balaban J connectivity index is 1.46. The van der Waals surface area contributed by atoms with Crippen molar-refractivity contribution in [2.24, 2.45) is 0 Å². The molecule has 2 aromatic carbocycles.